The lowest BCUT2D eigenvalue weighted by atomic mass is 10.1. The molecule has 8 heteroatoms. The van der Waals surface area contributed by atoms with Crippen molar-refractivity contribution in [1.29, 1.82) is 0 Å². The topological polar surface area (TPSA) is 65.4 Å². The molecule has 1 amide bonds. The van der Waals surface area contributed by atoms with Gasteiger partial charge in [0.15, 0.2) is 6.73 Å². The Morgan fingerprint density at radius 2 is 1.56 bits per heavy atom. The quantitative estimate of drug-likeness (QED) is 0.342. The molecule has 0 aliphatic carbocycles. The molecule has 0 fully saturated rings. The zero-order valence-electron chi connectivity index (χ0n) is 16.9. The van der Waals surface area contributed by atoms with Crippen LogP contribution in [0, 0.1) is 0 Å². The summed E-state index contributed by atoms with van der Waals surface area (Å²) in [6.45, 7) is 0.569. The Kier molecular flexibility index (Phi) is 6.94. The fourth-order valence-corrected chi connectivity index (χ4v) is 3.24. The summed E-state index contributed by atoms with van der Waals surface area (Å²) in [6, 6.07) is 21.5. The van der Waals surface area contributed by atoms with E-state index in [1.54, 1.807) is 59.5 Å². The lowest BCUT2D eigenvalue weighted by Crippen LogP contribution is -2.11. The van der Waals surface area contributed by atoms with Gasteiger partial charge in [-0.1, -0.05) is 47.5 Å². The second-order valence-corrected chi connectivity index (χ2v) is 7.77. The van der Waals surface area contributed by atoms with Crippen LogP contribution in [-0.4, -0.2) is 15.7 Å². The van der Waals surface area contributed by atoms with Gasteiger partial charge in [-0.25, -0.2) is 4.68 Å². The molecule has 0 spiro atoms. The summed E-state index contributed by atoms with van der Waals surface area (Å²) < 4.78 is 12.9. The van der Waals surface area contributed by atoms with E-state index in [0.717, 1.165) is 5.56 Å². The maximum Gasteiger partial charge on any atom is 0.255 e. The summed E-state index contributed by atoms with van der Waals surface area (Å²) in [4.78, 5) is 12.5. The molecule has 1 N–H and O–H groups in total. The Bertz CT molecular complexity index is 1210. The van der Waals surface area contributed by atoms with Crippen molar-refractivity contribution in [3.05, 3.63) is 106 Å². The Labute approximate surface area is 195 Å². The molecule has 6 nitrogen and oxygen atoms in total. The molecule has 0 radical (unpaired) electrons. The van der Waals surface area contributed by atoms with E-state index in [1.807, 2.05) is 30.3 Å². The number of hydrogen-bond acceptors (Lipinski definition) is 4. The lowest BCUT2D eigenvalue weighted by molar-refractivity contribution is 0.102. The number of nitrogens with one attached hydrogen (secondary N) is 1. The number of nitrogens with zero attached hydrogens (tertiary/aromatic N) is 2. The molecule has 4 rings (SSSR count). The van der Waals surface area contributed by atoms with E-state index < -0.39 is 0 Å². The molecule has 32 heavy (non-hydrogen) atoms. The fraction of sp³-hybridized carbons (Fsp3) is 0.0833. The minimum Gasteiger partial charge on any atom is -0.489 e. The van der Waals surface area contributed by atoms with Crippen molar-refractivity contribution in [1.82, 2.24) is 9.78 Å². The van der Waals surface area contributed by atoms with Crippen LogP contribution in [0.2, 0.25) is 10.0 Å². The van der Waals surface area contributed by atoms with Crippen molar-refractivity contribution < 1.29 is 14.3 Å². The van der Waals surface area contributed by atoms with Gasteiger partial charge in [-0.2, -0.15) is 5.10 Å². The number of rotatable bonds is 8. The fourth-order valence-electron chi connectivity index (χ4n) is 2.88. The minimum absolute atomic E-state index is 0.192. The highest BCUT2D eigenvalue weighted by molar-refractivity contribution is 6.31. The molecule has 0 aliphatic heterocycles. The number of carbonyl (C=O) groups excluding carboxylic acids is 1. The predicted octanol–water partition coefficient (Wildman–Crippen LogP) is 6.06. The Morgan fingerprint density at radius 1 is 0.906 bits per heavy atom. The molecule has 0 bridgehead atoms. The number of anilines is 1. The van der Waals surface area contributed by atoms with Gasteiger partial charge in [-0.3, -0.25) is 4.79 Å². The van der Waals surface area contributed by atoms with Crippen molar-refractivity contribution in [2.24, 2.45) is 0 Å². The van der Waals surface area contributed by atoms with Gasteiger partial charge < -0.3 is 14.8 Å². The van der Waals surface area contributed by atoms with Crippen LogP contribution in [0.1, 0.15) is 15.9 Å². The zero-order valence-corrected chi connectivity index (χ0v) is 18.4. The van der Waals surface area contributed by atoms with Crippen molar-refractivity contribution in [3.63, 3.8) is 0 Å². The van der Waals surface area contributed by atoms with Crippen molar-refractivity contribution in [3.8, 4) is 11.5 Å². The number of benzene rings is 3. The third-order valence-corrected chi connectivity index (χ3v) is 4.94. The van der Waals surface area contributed by atoms with Gasteiger partial charge in [-0.15, -0.1) is 0 Å². The molecule has 4 aromatic rings. The van der Waals surface area contributed by atoms with Crippen molar-refractivity contribution in [2.75, 3.05) is 5.32 Å². The standard InChI is InChI=1S/C24H19Cl2N3O3/c25-19-3-1-5-22(11-19)31-15-17-7-9-18(10-8-17)24(30)28-21-13-27-29(14-21)16-32-23-6-2-4-20(26)12-23/h1-14H,15-16H2,(H,28,30). The van der Waals surface area contributed by atoms with Gasteiger partial charge in [0.1, 0.15) is 18.1 Å². The average Bonchev–Trinajstić information content (AvgIpc) is 3.24. The molecule has 1 heterocycles. The van der Waals surface area contributed by atoms with Crippen molar-refractivity contribution in [2.45, 2.75) is 13.3 Å². The van der Waals surface area contributed by atoms with E-state index in [9.17, 15) is 4.79 Å². The number of amides is 1. The van der Waals surface area contributed by atoms with E-state index in [2.05, 4.69) is 10.4 Å². The first-order chi connectivity index (χ1) is 15.5. The first-order valence-electron chi connectivity index (χ1n) is 9.75. The van der Waals surface area contributed by atoms with Gasteiger partial charge in [0, 0.05) is 15.6 Å². The smallest absolute Gasteiger partial charge is 0.255 e. The van der Waals surface area contributed by atoms with Crippen LogP contribution in [0.5, 0.6) is 11.5 Å². The highest BCUT2D eigenvalue weighted by atomic mass is 35.5. The van der Waals surface area contributed by atoms with Crippen LogP contribution in [0.3, 0.4) is 0 Å². The van der Waals surface area contributed by atoms with Gasteiger partial charge in [-0.05, 0) is 54.1 Å². The normalized spacial score (nSPS) is 10.6. The van der Waals surface area contributed by atoms with E-state index in [4.69, 9.17) is 32.7 Å². The second-order valence-electron chi connectivity index (χ2n) is 6.90. The Morgan fingerprint density at radius 3 is 2.22 bits per heavy atom. The maximum absolute atomic E-state index is 12.5. The number of ether oxygens (including phenoxy) is 2. The average molecular weight is 468 g/mol. The number of hydrogen-bond donors (Lipinski definition) is 1. The Hall–Kier alpha value is -3.48. The van der Waals surface area contributed by atoms with Crippen LogP contribution < -0.4 is 14.8 Å². The summed E-state index contributed by atoms with van der Waals surface area (Å²) in [5.41, 5.74) is 2.03. The monoisotopic (exact) mass is 467 g/mol. The largest absolute Gasteiger partial charge is 0.489 e. The summed E-state index contributed by atoms with van der Waals surface area (Å²) >= 11 is 11.9. The van der Waals surface area contributed by atoms with Crippen LogP contribution in [-0.2, 0) is 13.3 Å². The van der Waals surface area contributed by atoms with Crippen LogP contribution in [0.25, 0.3) is 0 Å². The van der Waals surface area contributed by atoms with E-state index in [0.29, 0.717) is 39.4 Å². The van der Waals surface area contributed by atoms with Gasteiger partial charge in [0.05, 0.1) is 18.1 Å². The van der Waals surface area contributed by atoms with Crippen LogP contribution in [0.4, 0.5) is 5.69 Å². The highest BCUT2D eigenvalue weighted by Gasteiger charge is 2.08. The van der Waals surface area contributed by atoms with E-state index in [1.165, 1.54) is 0 Å². The maximum atomic E-state index is 12.5. The predicted molar refractivity (Wildman–Crippen MR) is 124 cm³/mol. The molecule has 162 valence electrons. The molecular formula is C24H19Cl2N3O3. The number of halogens is 2. The second kappa shape index (κ2) is 10.2. The molecule has 0 unspecified atom stereocenters. The van der Waals surface area contributed by atoms with Crippen LogP contribution >= 0.6 is 23.2 Å². The molecule has 0 saturated carbocycles. The first kappa shape index (κ1) is 21.7. The van der Waals surface area contributed by atoms with Crippen LogP contribution in [0.15, 0.2) is 85.2 Å². The third kappa shape index (κ3) is 6.03. The lowest BCUT2D eigenvalue weighted by Gasteiger charge is -2.08. The van der Waals surface area contributed by atoms with Gasteiger partial charge in [0.2, 0.25) is 0 Å². The van der Waals surface area contributed by atoms with E-state index in [-0.39, 0.29) is 12.6 Å². The minimum atomic E-state index is -0.234. The number of carbonyl (C=O) groups is 1. The molecule has 0 aliphatic rings. The summed E-state index contributed by atoms with van der Waals surface area (Å²) in [6.07, 6.45) is 3.25. The molecule has 0 atom stereocenters. The summed E-state index contributed by atoms with van der Waals surface area (Å²) in [5, 5.41) is 8.23. The molecular weight excluding hydrogens is 449 g/mol. The summed E-state index contributed by atoms with van der Waals surface area (Å²) in [5.74, 6) is 1.09. The number of aromatic nitrogens is 2. The molecule has 3 aromatic carbocycles. The molecule has 0 saturated heterocycles. The van der Waals surface area contributed by atoms with Gasteiger partial charge in [0.25, 0.3) is 5.91 Å². The molecule has 1 aromatic heterocycles. The summed E-state index contributed by atoms with van der Waals surface area (Å²) in [7, 11) is 0. The third-order valence-electron chi connectivity index (χ3n) is 4.47. The van der Waals surface area contributed by atoms with Gasteiger partial charge >= 0.3 is 0 Å². The SMILES string of the molecule is O=C(Nc1cnn(COc2cccc(Cl)c2)c1)c1ccc(COc2cccc(Cl)c2)cc1. The Balaban J connectivity index is 1.29. The van der Waals surface area contributed by atoms with Crippen molar-refractivity contribution >= 4 is 34.8 Å². The first-order valence-corrected chi connectivity index (χ1v) is 10.5. The van der Waals surface area contributed by atoms with E-state index >= 15 is 0 Å². The zero-order chi connectivity index (χ0) is 22.3. The highest BCUT2D eigenvalue weighted by Crippen LogP contribution is 2.19.